The second-order valence-electron chi connectivity index (χ2n) is 5.27. The van der Waals surface area contributed by atoms with Crippen LogP contribution in [0.2, 0.25) is 0 Å². The molecule has 0 aliphatic carbocycles. The minimum atomic E-state index is -3.51. The van der Waals surface area contributed by atoms with Gasteiger partial charge in [-0.05, 0) is 52.0 Å². The SMILES string of the molecule is Cc1cc(C)cc(P(=O)(O)c2cc(C)cc(C)c2)c1. The van der Waals surface area contributed by atoms with Crippen LogP contribution in [0.4, 0.5) is 0 Å². The van der Waals surface area contributed by atoms with Gasteiger partial charge in [0.05, 0.1) is 0 Å². The van der Waals surface area contributed by atoms with Gasteiger partial charge in [-0.25, -0.2) is 0 Å². The summed E-state index contributed by atoms with van der Waals surface area (Å²) in [6.45, 7) is 7.77. The van der Waals surface area contributed by atoms with Gasteiger partial charge in [0.25, 0.3) is 7.37 Å². The van der Waals surface area contributed by atoms with Crippen LogP contribution in [0.1, 0.15) is 22.3 Å². The Balaban J connectivity index is 2.61. The van der Waals surface area contributed by atoms with Gasteiger partial charge in [0.1, 0.15) is 0 Å². The van der Waals surface area contributed by atoms with E-state index in [4.69, 9.17) is 0 Å². The van der Waals surface area contributed by atoms with Crippen LogP contribution in [0, 0.1) is 27.7 Å². The summed E-state index contributed by atoms with van der Waals surface area (Å²) in [7, 11) is -3.51. The first-order valence-electron chi connectivity index (χ1n) is 6.29. The molecule has 0 bridgehead atoms. The van der Waals surface area contributed by atoms with Crippen molar-refractivity contribution in [1.29, 1.82) is 0 Å². The number of hydrogen-bond acceptors (Lipinski definition) is 1. The van der Waals surface area contributed by atoms with Gasteiger partial charge in [0, 0.05) is 10.6 Å². The lowest BCUT2D eigenvalue weighted by Crippen LogP contribution is -2.17. The highest BCUT2D eigenvalue weighted by molar-refractivity contribution is 7.73. The van der Waals surface area contributed by atoms with Crippen LogP contribution < -0.4 is 10.6 Å². The van der Waals surface area contributed by atoms with Crippen LogP contribution >= 0.6 is 7.37 Å². The van der Waals surface area contributed by atoms with Crippen LogP contribution in [-0.2, 0) is 4.57 Å². The lowest BCUT2D eigenvalue weighted by Gasteiger charge is -2.15. The van der Waals surface area contributed by atoms with E-state index in [0.717, 1.165) is 22.3 Å². The Morgan fingerprint density at radius 1 is 0.684 bits per heavy atom. The average Bonchev–Trinajstić information content (AvgIpc) is 2.26. The normalized spacial score (nSPS) is 11.6. The zero-order valence-corrected chi connectivity index (χ0v) is 12.7. The van der Waals surface area contributed by atoms with Gasteiger partial charge >= 0.3 is 0 Å². The van der Waals surface area contributed by atoms with Gasteiger partial charge < -0.3 is 4.89 Å². The third-order valence-corrected chi connectivity index (χ3v) is 5.03. The molecule has 2 rings (SSSR count). The highest BCUT2D eigenvalue weighted by Crippen LogP contribution is 2.39. The Labute approximate surface area is 114 Å². The standard InChI is InChI=1S/C16H19O2P/c1-11-5-12(2)8-15(7-11)19(17,18)16-9-13(3)6-14(4)10-16/h5-10H,1-4H3,(H,17,18). The fourth-order valence-corrected chi connectivity index (χ4v) is 4.21. The van der Waals surface area contributed by atoms with Crippen molar-refractivity contribution in [3.8, 4) is 0 Å². The highest BCUT2D eigenvalue weighted by Gasteiger charge is 2.25. The summed E-state index contributed by atoms with van der Waals surface area (Å²) >= 11 is 0. The molecule has 0 saturated heterocycles. The molecule has 0 radical (unpaired) electrons. The quantitative estimate of drug-likeness (QED) is 0.854. The van der Waals surface area contributed by atoms with Crippen molar-refractivity contribution in [2.75, 3.05) is 0 Å². The minimum Gasteiger partial charge on any atom is -0.338 e. The van der Waals surface area contributed by atoms with Gasteiger partial charge in [0.2, 0.25) is 0 Å². The molecule has 0 atom stereocenters. The number of benzene rings is 2. The van der Waals surface area contributed by atoms with E-state index >= 15 is 0 Å². The maximum absolute atomic E-state index is 12.8. The summed E-state index contributed by atoms with van der Waals surface area (Å²) in [6, 6.07) is 11.2. The van der Waals surface area contributed by atoms with Crippen LogP contribution in [0.5, 0.6) is 0 Å². The molecule has 0 aliphatic rings. The third kappa shape index (κ3) is 2.97. The topological polar surface area (TPSA) is 37.3 Å². The molecular weight excluding hydrogens is 255 g/mol. The lowest BCUT2D eigenvalue weighted by atomic mass is 10.2. The largest absolute Gasteiger partial charge is 0.338 e. The second-order valence-corrected chi connectivity index (χ2v) is 7.45. The van der Waals surface area contributed by atoms with Crippen molar-refractivity contribution in [3.63, 3.8) is 0 Å². The van der Waals surface area contributed by atoms with Crippen molar-refractivity contribution < 1.29 is 9.46 Å². The van der Waals surface area contributed by atoms with Crippen LogP contribution in [-0.4, -0.2) is 4.89 Å². The molecule has 3 heteroatoms. The molecule has 1 N–H and O–H groups in total. The Bertz CT molecular complexity index is 578. The molecule has 0 unspecified atom stereocenters. The number of aryl methyl sites for hydroxylation is 4. The van der Waals surface area contributed by atoms with E-state index in [1.807, 2.05) is 39.8 Å². The zero-order chi connectivity index (χ0) is 14.2. The number of rotatable bonds is 2. The fourth-order valence-electron chi connectivity index (χ4n) is 2.40. The van der Waals surface area contributed by atoms with E-state index in [2.05, 4.69) is 0 Å². The van der Waals surface area contributed by atoms with Gasteiger partial charge in [-0.3, -0.25) is 4.57 Å². The van der Waals surface area contributed by atoms with Crippen molar-refractivity contribution >= 4 is 18.0 Å². The molecule has 100 valence electrons. The van der Waals surface area contributed by atoms with E-state index in [-0.39, 0.29) is 0 Å². The maximum Gasteiger partial charge on any atom is 0.258 e. The first-order valence-corrected chi connectivity index (χ1v) is 7.95. The molecule has 2 nitrogen and oxygen atoms in total. The van der Waals surface area contributed by atoms with Crippen LogP contribution in [0.25, 0.3) is 0 Å². The average molecular weight is 274 g/mol. The van der Waals surface area contributed by atoms with Crippen molar-refractivity contribution in [2.45, 2.75) is 27.7 Å². The third-order valence-electron chi connectivity index (χ3n) is 3.11. The van der Waals surface area contributed by atoms with E-state index in [1.165, 1.54) is 0 Å². The summed E-state index contributed by atoms with van der Waals surface area (Å²) in [4.78, 5) is 10.5. The van der Waals surface area contributed by atoms with Crippen LogP contribution in [0.15, 0.2) is 36.4 Å². The second kappa shape index (κ2) is 4.96. The summed E-state index contributed by atoms with van der Waals surface area (Å²) in [5.74, 6) is 0. The molecule has 0 saturated carbocycles. The molecule has 2 aromatic carbocycles. The monoisotopic (exact) mass is 274 g/mol. The lowest BCUT2D eigenvalue weighted by molar-refractivity contribution is 0.501. The molecule has 0 aromatic heterocycles. The summed E-state index contributed by atoms with van der Waals surface area (Å²) in [5, 5.41) is 1.02. The maximum atomic E-state index is 12.8. The Morgan fingerprint density at radius 2 is 0.947 bits per heavy atom. The predicted molar refractivity (Wildman–Crippen MR) is 80.9 cm³/mol. The van der Waals surface area contributed by atoms with Crippen molar-refractivity contribution in [3.05, 3.63) is 58.7 Å². The first kappa shape index (κ1) is 14.0. The molecule has 0 fully saturated rings. The first-order chi connectivity index (χ1) is 8.79. The minimum absolute atomic E-state index is 0.509. The zero-order valence-electron chi connectivity index (χ0n) is 11.8. The van der Waals surface area contributed by atoms with E-state index in [0.29, 0.717) is 10.6 Å². The van der Waals surface area contributed by atoms with Crippen molar-refractivity contribution in [2.24, 2.45) is 0 Å². The molecule has 2 aromatic rings. The Hall–Kier alpha value is -1.37. The Morgan fingerprint density at radius 3 is 1.21 bits per heavy atom. The molecule has 0 aliphatic heterocycles. The number of hydrogen-bond donors (Lipinski definition) is 1. The van der Waals surface area contributed by atoms with Crippen LogP contribution in [0.3, 0.4) is 0 Å². The highest BCUT2D eigenvalue weighted by atomic mass is 31.2. The van der Waals surface area contributed by atoms with Crippen molar-refractivity contribution in [1.82, 2.24) is 0 Å². The van der Waals surface area contributed by atoms with E-state index < -0.39 is 7.37 Å². The van der Waals surface area contributed by atoms with Gasteiger partial charge in [-0.2, -0.15) is 0 Å². The Kier molecular flexibility index (Phi) is 3.66. The summed E-state index contributed by atoms with van der Waals surface area (Å²) in [6.07, 6.45) is 0. The van der Waals surface area contributed by atoms with E-state index in [1.54, 1.807) is 24.3 Å². The van der Waals surface area contributed by atoms with Gasteiger partial charge in [-0.1, -0.05) is 34.4 Å². The molecule has 19 heavy (non-hydrogen) atoms. The fraction of sp³-hybridized carbons (Fsp3) is 0.250. The predicted octanol–water partition coefficient (Wildman–Crippen LogP) is 3.14. The van der Waals surface area contributed by atoms with E-state index in [9.17, 15) is 9.46 Å². The smallest absolute Gasteiger partial charge is 0.258 e. The van der Waals surface area contributed by atoms with Gasteiger partial charge in [-0.15, -0.1) is 0 Å². The summed E-state index contributed by atoms with van der Waals surface area (Å²) < 4.78 is 12.8. The molecule has 0 amide bonds. The molecule has 0 heterocycles. The summed E-state index contributed by atoms with van der Waals surface area (Å²) in [5.41, 5.74) is 4.03. The van der Waals surface area contributed by atoms with Gasteiger partial charge in [0.15, 0.2) is 0 Å². The molecule has 0 spiro atoms. The molecular formula is C16H19O2P.